The molecule has 1 unspecified atom stereocenters. The third-order valence-corrected chi connectivity index (χ3v) is 2.05. The van der Waals surface area contributed by atoms with Crippen molar-refractivity contribution in [3.05, 3.63) is 0 Å². The summed E-state index contributed by atoms with van der Waals surface area (Å²) in [6, 6.07) is 0. The fourth-order valence-corrected chi connectivity index (χ4v) is 0.907. The summed E-state index contributed by atoms with van der Waals surface area (Å²) >= 11 is 4.61. The maximum absolute atomic E-state index is 10.3. The molecule has 66 valence electrons. The summed E-state index contributed by atoms with van der Waals surface area (Å²) in [5.74, 6) is -0.177. The van der Waals surface area contributed by atoms with Gasteiger partial charge in [-0.25, -0.2) is 9.86 Å². The van der Waals surface area contributed by atoms with E-state index in [1.165, 1.54) is 0 Å². The Hall–Kier alpha value is -0.240. The first kappa shape index (κ1) is 10.8. The van der Waals surface area contributed by atoms with Gasteiger partial charge >= 0.3 is 0 Å². The van der Waals surface area contributed by atoms with Crippen molar-refractivity contribution in [2.24, 2.45) is 16.8 Å². The van der Waals surface area contributed by atoms with Gasteiger partial charge in [-0.3, -0.25) is 0 Å². The van der Waals surface area contributed by atoms with Crippen molar-refractivity contribution in [2.75, 3.05) is 6.54 Å². The van der Waals surface area contributed by atoms with E-state index < -0.39 is 10.2 Å². The molecule has 0 spiro atoms. The first-order valence-electron chi connectivity index (χ1n) is 2.89. The standard InChI is InChI=1S/C4H11N3O2S2/c1-3(4(5)10)2-7-11(6,8)9/h3,7H,2H2,1H3,(H2,5,10)(H2,6,8,9). The molecule has 0 aliphatic rings. The lowest BCUT2D eigenvalue weighted by molar-refractivity contribution is 0.577. The minimum atomic E-state index is -3.62. The van der Waals surface area contributed by atoms with Crippen LogP contribution in [0.2, 0.25) is 0 Å². The van der Waals surface area contributed by atoms with Crippen molar-refractivity contribution in [2.45, 2.75) is 6.92 Å². The molecular formula is C4H11N3O2S2. The van der Waals surface area contributed by atoms with Crippen LogP contribution in [0.15, 0.2) is 0 Å². The van der Waals surface area contributed by atoms with Crippen LogP contribution >= 0.6 is 12.2 Å². The lowest BCUT2D eigenvalue weighted by Gasteiger charge is -2.08. The summed E-state index contributed by atoms with van der Waals surface area (Å²) in [5.41, 5.74) is 5.22. The number of nitrogens with one attached hydrogen (secondary N) is 1. The van der Waals surface area contributed by atoms with Gasteiger partial charge in [0.1, 0.15) is 0 Å². The third kappa shape index (κ3) is 6.17. The van der Waals surface area contributed by atoms with E-state index in [2.05, 4.69) is 22.1 Å². The third-order valence-electron chi connectivity index (χ3n) is 1.08. The maximum Gasteiger partial charge on any atom is 0.274 e. The molecule has 0 amide bonds. The smallest absolute Gasteiger partial charge is 0.274 e. The van der Waals surface area contributed by atoms with E-state index in [4.69, 9.17) is 5.73 Å². The van der Waals surface area contributed by atoms with Crippen molar-refractivity contribution < 1.29 is 8.42 Å². The minimum absolute atomic E-state index is 0.147. The first-order valence-corrected chi connectivity index (χ1v) is 4.85. The summed E-state index contributed by atoms with van der Waals surface area (Å²) in [4.78, 5) is 0.265. The summed E-state index contributed by atoms with van der Waals surface area (Å²) in [7, 11) is -3.62. The predicted octanol–water partition coefficient (Wildman–Crippen LogP) is -1.30. The van der Waals surface area contributed by atoms with Crippen LogP contribution in [0.1, 0.15) is 6.92 Å². The van der Waals surface area contributed by atoms with Gasteiger partial charge < -0.3 is 5.73 Å². The van der Waals surface area contributed by atoms with Gasteiger partial charge in [0.05, 0.1) is 4.99 Å². The van der Waals surface area contributed by atoms with Crippen LogP contribution in [0.5, 0.6) is 0 Å². The molecular weight excluding hydrogens is 186 g/mol. The molecule has 0 heterocycles. The first-order chi connectivity index (χ1) is 4.83. The van der Waals surface area contributed by atoms with Crippen LogP contribution in [0.25, 0.3) is 0 Å². The molecule has 0 aromatic heterocycles. The van der Waals surface area contributed by atoms with Gasteiger partial charge in [-0.05, 0) is 0 Å². The van der Waals surface area contributed by atoms with E-state index >= 15 is 0 Å². The number of nitrogens with two attached hydrogens (primary N) is 2. The molecule has 0 saturated carbocycles. The fourth-order valence-electron chi connectivity index (χ4n) is 0.342. The fraction of sp³-hybridized carbons (Fsp3) is 0.750. The van der Waals surface area contributed by atoms with E-state index in [1.54, 1.807) is 6.92 Å². The highest BCUT2D eigenvalue weighted by molar-refractivity contribution is 7.87. The molecule has 0 aliphatic carbocycles. The van der Waals surface area contributed by atoms with Crippen LogP contribution < -0.4 is 15.6 Å². The summed E-state index contributed by atoms with van der Waals surface area (Å²) in [6.45, 7) is 1.86. The van der Waals surface area contributed by atoms with Crippen LogP contribution in [0.3, 0.4) is 0 Å². The van der Waals surface area contributed by atoms with Gasteiger partial charge in [-0.2, -0.15) is 8.42 Å². The van der Waals surface area contributed by atoms with Crippen molar-refractivity contribution in [3.8, 4) is 0 Å². The normalized spacial score (nSPS) is 14.4. The topological polar surface area (TPSA) is 98.2 Å². The monoisotopic (exact) mass is 197 g/mol. The second-order valence-electron chi connectivity index (χ2n) is 2.20. The molecule has 0 aliphatic heterocycles. The second-order valence-corrected chi connectivity index (χ2v) is 4.05. The van der Waals surface area contributed by atoms with Crippen molar-refractivity contribution in [1.82, 2.24) is 4.72 Å². The molecule has 0 aromatic carbocycles. The highest BCUT2D eigenvalue weighted by atomic mass is 32.2. The second kappa shape index (κ2) is 3.96. The molecule has 0 saturated heterocycles. The Morgan fingerprint density at radius 2 is 2.18 bits per heavy atom. The Morgan fingerprint density at radius 1 is 1.73 bits per heavy atom. The lowest BCUT2D eigenvalue weighted by Crippen LogP contribution is -2.37. The molecule has 5 nitrogen and oxygen atoms in total. The lowest BCUT2D eigenvalue weighted by atomic mass is 10.2. The Balaban J connectivity index is 3.82. The molecule has 0 radical (unpaired) electrons. The van der Waals surface area contributed by atoms with Gasteiger partial charge in [-0.15, -0.1) is 0 Å². The largest absolute Gasteiger partial charge is 0.393 e. The number of rotatable bonds is 4. The average molecular weight is 197 g/mol. The number of hydrogen-bond acceptors (Lipinski definition) is 3. The van der Waals surface area contributed by atoms with Gasteiger partial charge in [-0.1, -0.05) is 19.1 Å². The zero-order chi connectivity index (χ0) is 9.07. The highest BCUT2D eigenvalue weighted by Gasteiger charge is 2.07. The maximum atomic E-state index is 10.3. The summed E-state index contributed by atoms with van der Waals surface area (Å²) in [5, 5.41) is 4.66. The zero-order valence-electron chi connectivity index (χ0n) is 6.07. The average Bonchev–Trinajstić information content (AvgIpc) is 1.80. The van der Waals surface area contributed by atoms with Gasteiger partial charge in [0, 0.05) is 12.5 Å². The van der Waals surface area contributed by atoms with Gasteiger partial charge in [0.2, 0.25) is 0 Å². The van der Waals surface area contributed by atoms with Crippen LogP contribution in [0.4, 0.5) is 0 Å². The molecule has 5 N–H and O–H groups in total. The molecule has 0 aromatic rings. The zero-order valence-corrected chi connectivity index (χ0v) is 7.71. The van der Waals surface area contributed by atoms with Crippen LogP contribution in [-0.4, -0.2) is 20.0 Å². The summed E-state index contributed by atoms with van der Waals surface area (Å²) < 4.78 is 22.8. The Kier molecular flexibility index (Phi) is 3.87. The van der Waals surface area contributed by atoms with E-state index in [1.807, 2.05) is 0 Å². The van der Waals surface area contributed by atoms with E-state index in [0.717, 1.165) is 0 Å². The van der Waals surface area contributed by atoms with Crippen molar-refractivity contribution >= 4 is 27.4 Å². The molecule has 7 heteroatoms. The molecule has 0 fully saturated rings. The van der Waals surface area contributed by atoms with Crippen molar-refractivity contribution in [3.63, 3.8) is 0 Å². The Morgan fingerprint density at radius 3 is 2.45 bits per heavy atom. The Labute approximate surface area is 71.3 Å². The number of thiocarbonyl (C=S) groups is 1. The predicted molar refractivity (Wildman–Crippen MR) is 47.1 cm³/mol. The van der Waals surface area contributed by atoms with Gasteiger partial charge in [0.25, 0.3) is 10.2 Å². The van der Waals surface area contributed by atoms with Crippen molar-refractivity contribution in [1.29, 1.82) is 0 Å². The van der Waals surface area contributed by atoms with Gasteiger partial charge in [0.15, 0.2) is 0 Å². The SMILES string of the molecule is CC(CNS(N)(=O)=O)C(N)=S. The van der Waals surface area contributed by atoms with E-state index in [-0.39, 0.29) is 17.5 Å². The molecule has 1 atom stereocenters. The number of hydrogen-bond donors (Lipinski definition) is 3. The van der Waals surface area contributed by atoms with E-state index in [9.17, 15) is 8.42 Å². The van der Waals surface area contributed by atoms with Crippen LogP contribution in [0, 0.1) is 5.92 Å². The van der Waals surface area contributed by atoms with E-state index in [0.29, 0.717) is 0 Å². The summed E-state index contributed by atoms with van der Waals surface area (Å²) in [6.07, 6.45) is 0. The minimum Gasteiger partial charge on any atom is -0.393 e. The Bertz CT molecular complexity index is 236. The molecule has 11 heavy (non-hydrogen) atoms. The molecule has 0 rings (SSSR count). The highest BCUT2D eigenvalue weighted by Crippen LogP contribution is 1.91. The quantitative estimate of drug-likeness (QED) is 0.488. The molecule has 0 bridgehead atoms. The van der Waals surface area contributed by atoms with Crippen LogP contribution in [-0.2, 0) is 10.2 Å².